The Morgan fingerprint density at radius 1 is 1.09 bits per heavy atom. The van der Waals surface area contributed by atoms with Gasteiger partial charge in [0.1, 0.15) is 29.1 Å². The van der Waals surface area contributed by atoms with Gasteiger partial charge in [0.15, 0.2) is 5.11 Å². The van der Waals surface area contributed by atoms with Crippen LogP contribution in [0, 0.1) is 12.7 Å². The third-order valence-corrected chi connectivity index (χ3v) is 6.20. The summed E-state index contributed by atoms with van der Waals surface area (Å²) >= 11 is 5.73. The fourth-order valence-electron chi connectivity index (χ4n) is 4.25. The van der Waals surface area contributed by atoms with Crippen molar-refractivity contribution in [3.05, 3.63) is 102 Å². The van der Waals surface area contributed by atoms with Crippen molar-refractivity contribution in [2.24, 2.45) is 0 Å². The molecule has 2 aromatic carbocycles. The first-order chi connectivity index (χ1) is 16.5. The Morgan fingerprint density at radius 3 is 2.62 bits per heavy atom. The van der Waals surface area contributed by atoms with Crippen LogP contribution in [0.15, 0.2) is 83.4 Å². The highest BCUT2D eigenvalue weighted by atomic mass is 32.1. The molecule has 2 aromatic heterocycles. The van der Waals surface area contributed by atoms with Gasteiger partial charge in [-0.25, -0.2) is 4.39 Å². The van der Waals surface area contributed by atoms with Crippen molar-refractivity contribution in [1.29, 1.82) is 0 Å². The van der Waals surface area contributed by atoms with Crippen molar-refractivity contribution in [2.75, 3.05) is 11.5 Å². The predicted octanol–water partition coefficient (Wildman–Crippen LogP) is 6.36. The molecule has 0 bridgehead atoms. The number of halogens is 1. The average Bonchev–Trinajstić information content (AvgIpc) is 3.47. The molecule has 0 amide bonds. The third kappa shape index (κ3) is 4.15. The number of hydrogen-bond acceptors (Lipinski definition) is 4. The number of nitrogens with one attached hydrogen (secondary N) is 1. The van der Waals surface area contributed by atoms with Crippen molar-refractivity contribution in [3.8, 4) is 17.1 Å². The van der Waals surface area contributed by atoms with Gasteiger partial charge in [0, 0.05) is 17.4 Å². The van der Waals surface area contributed by atoms with Gasteiger partial charge in [0.25, 0.3) is 0 Å². The molecule has 0 radical (unpaired) electrons. The molecule has 0 aliphatic carbocycles. The lowest BCUT2D eigenvalue weighted by Gasteiger charge is -2.26. The largest absolute Gasteiger partial charge is 0.494 e. The number of nitrogens with zero attached hydrogens (tertiary/aromatic N) is 2. The Bertz CT molecular complexity index is 1310. The van der Waals surface area contributed by atoms with Crippen LogP contribution in [0.3, 0.4) is 0 Å². The van der Waals surface area contributed by atoms with Crippen LogP contribution >= 0.6 is 12.2 Å². The number of furan rings is 1. The Hall–Kier alpha value is -3.71. The summed E-state index contributed by atoms with van der Waals surface area (Å²) in [5.41, 5.74) is 3.13. The molecule has 2 atom stereocenters. The van der Waals surface area contributed by atoms with E-state index in [0.29, 0.717) is 17.3 Å². The maximum Gasteiger partial charge on any atom is 0.174 e. The smallest absolute Gasteiger partial charge is 0.174 e. The molecule has 172 valence electrons. The minimum Gasteiger partial charge on any atom is -0.494 e. The van der Waals surface area contributed by atoms with E-state index in [1.54, 1.807) is 25.3 Å². The highest BCUT2D eigenvalue weighted by Gasteiger charge is 2.42. The first-order valence-electron chi connectivity index (χ1n) is 11.1. The summed E-state index contributed by atoms with van der Waals surface area (Å²) in [5, 5.41) is 3.93. The van der Waals surface area contributed by atoms with Gasteiger partial charge in [-0.1, -0.05) is 6.07 Å². The summed E-state index contributed by atoms with van der Waals surface area (Å²) in [7, 11) is 0. The predicted molar refractivity (Wildman–Crippen MR) is 134 cm³/mol. The second-order valence-corrected chi connectivity index (χ2v) is 8.48. The van der Waals surface area contributed by atoms with Crippen molar-refractivity contribution in [1.82, 2.24) is 10.3 Å². The number of benzene rings is 2. The molecule has 5 rings (SSSR count). The molecule has 0 saturated carbocycles. The van der Waals surface area contributed by atoms with E-state index >= 15 is 0 Å². The van der Waals surface area contributed by atoms with E-state index in [1.807, 2.05) is 66.4 Å². The monoisotopic (exact) mass is 473 g/mol. The zero-order valence-electron chi connectivity index (χ0n) is 18.9. The van der Waals surface area contributed by atoms with Gasteiger partial charge in [0.2, 0.25) is 0 Å². The minimum atomic E-state index is -0.302. The highest BCUT2D eigenvalue weighted by Crippen LogP contribution is 2.43. The standard InChI is InChI=1S/C27H24FN3O2S/c1-3-32-20-10-7-18(8-11-20)23-13-14-24(33-23)26-25(22-6-4-5-15-29-22)30-27(34)31(26)19-9-12-21(28)17(2)16-19/h4-16,25-26H,3H2,1-2H3,(H,30,34)/t25-,26-/m1/s1. The summed E-state index contributed by atoms with van der Waals surface area (Å²) in [4.78, 5) is 6.53. The molecular formula is C27H24FN3O2S. The lowest BCUT2D eigenvalue weighted by Crippen LogP contribution is -2.29. The van der Waals surface area contributed by atoms with Crippen LogP contribution in [0.1, 0.15) is 36.0 Å². The molecule has 3 heterocycles. The maximum atomic E-state index is 14.0. The zero-order chi connectivity index (χ0) is 23.7. The van der Waals surface area contributed by atoms with E-state index in [9.17, 15) is 4.39 Å². The lowest BCUT2D eigenvalue weighted by atomic mass is 10.0. The van der Waals surface area contributed by atoms with Gasteiger partial charge in [-0.2, -0.15) is 0 Å². The molecule has 1 saturated heterocycles. The molecule has 1 fully saturated rings. The van der Waals surface area contributed by atoms with Crippen LogP contribution in [0.4, 0.5) is 10.1 Å². The molecule has 34 heavy (non-hydrogen) atoms. The van der Waals surface area contributed by atoms with Crippen LogP contribution in [0.25, 0.3) is 11.3 Å². The number of rotatable bonds is 6. The summed E-state index contributed by atoms with van der Waals surface area (Å²) in [6.45, 7) is 4.32. The Balaban J connectivity index is 1.55. The lowest BCUT2D eigenvalue weighted by molar-refractivity contribution is 0.340. The van der Waals surface area contributed by atoms with Crippen LogP contribution in [0.5, 0.6) is 5.75 Å². The quantitative estimate of drug-likeness (QED) is 0.329. The Labute approximate surface area is 203 Å². The van der Waals surface area contributed by atoms with Crippen LogP contribution in [-0.2, 0) is 0 Å². The Morgan fingerprint density at radius 2 is 1.91 bits per heavy atom. The number of aromatic nitrogens is 1. The summed E-state index contributed by atoms with van der Waals surface area (Å²) in [5.74, 6) is 2.03. The van der Waals surface area contributed by atoms with Gasteiger partial charge in [-0.15, -0.1) is 0 Å². The maximum absolute atomic E-state index is 14.0. The fourth-order valence-corrected chi connectivity index (χ4v) is 4.60. The molecule has 7 heteroatoms. The van der Waals surface area contributed by atoms with E-state index in [2.05, 4.69) is 10.3 Å². The number of thiocarbonyl (C=S) groups is 1. The zero-order valence-corrected chi connectivity index (χ0v) is 19.7. The topological polar surface area (TPSA) is 50.5 Å². The molecule has 1 aliphatic heterocycles. The number of aryl methyl sites for hydroxylation is 1. The number of hydrogen-bond donors (Lipinski definition) is 1. The van der Waals surface area contributed by atoms with E-state index < -0.39 is 0 Å². The van der Waals surface area contributed by atoms with Crippen LogP contribution in [-0.4, -0.2) is 16.7 Å². The number of ether oxygens (including phenoxy) is 1. The van der Waals surface area contributed by atoms with E-state index in [0.717, 1.165) is 34.2 Å². The second kappa shape index (κ2) is 9.27. The molecule has 0 unspecified atom stereocenters. The number of anilines is 1. The SMILES string of the molecule is CCOc1ccc(-c2ccc([C@@H]3[C@@H](c4ccccn4)NC(=S)N3c3ccc(F)c(C)c3)o2)cc1. The molecule has 4 aromatic rings. The molecular weight excluding hydrogens is 449 g/mol. The van der Waals surface area contributed by atoms with Crippen molar-refractivity contribution in [2.45, 2.75) is 25.9 Å². The van der Waals surface area contributed by atoms with Gasteiger partial charge in [-0.05, 0) is 98.4 Å². The molecule has 5 nitrogen and oxygen atoms in total. The van der Waals surface area contributed by atoms with Crippen molar-refractivity contribution < 1.29 is 13.5 Å². The van der Waals surface area contributed by atoms with Gasteiger partial charge < -0.3 is 19.4 Å². The molecule has 0 spiro atoms. The van der Waals surface area contributed by atoms with Gasteiger partial charge >= 0.3 is 0 Å². The molecule has 1 N–H and O–H groups in total. The van der Waals surface area contributed by atoms with Crippen LogP contribution < -0.4 is 15.0 Å². The normalized spacial score (nSPS) is 17.6. The summed E-state index contributed by atoms with van der Waals surface area (Å²) in [6, 6.07) is 22.0. The second-order valence-electron chi connectivity index (χ2n) is 8.09. The summed E-state index contributed by atoms with van der Waals surface area (Å²) in [6.07, 6.45) is 1.76. The first-order valence-corrected chi connectivity index (χ1v) is 11.6. The molecule has 1 aliphatic rings. The van der Waals surface area contributed by atoms with Crippen LogP contribution in [0.2, 0.25) is 0 Å². The average molecular weight is 474 g/mol. The first kappa shape index (κ1) is 22.1. The van der Waals surface area contributed by atoms with E-state index in [-0.39, 0.29) is 17.9 Å². The van der Waals surface area contributed by atoms with Gasteiger partial charge in [-0.3, -0.25) is 4.98 Å². The third-order valence-electron chi connectivity index (χ3n) is 5.89. The Kier molecular flexibility index (Phi) is 6.02. The summed E-state index contributed by atoms with van der Waals surface area (Å²) < 4.78 is 25.9. The van der Waals surface area contributed by atoms with Crippen molar-refractivity contribution >= 4 is 23.0 Å². The van der Waals surface area contributed by atoms with Crippen molar-refractivity contribution in [3.63, 3.8) is 0 Å². The highest BCUT2D eigenvalue weighted by molar-refractivity contribution is 7.80. The fraction of sp³-hybridized carbons (Fsp3) is 0.185. The van der Waals surface area contributed by atoms with Gasteiger partial charge in [0.05, 0.1) is 18.3 Å². The number of pyridine rings is 1. The van der Waals surface area contributed by atoms with E-state index in [4.69, 9.17) is 21.4 Å². The minimum absolute atomic E-state index is 0.238. The van der Waals surface area contributed by atoms with E-state index in [1.165, 1.54) is 6.07 Å².